The van der Waals surface area contributed by atoms with Crippen LogP contribution in [0.2, 0.25) is 0 Å². The Balaban J connectivity index is 2.53. The van der Waals surface area contributed by atoms with Gasteiger partial charge in [-0.2, -0.15) is 0 Å². The van der Waals surface area contributed by atoms with E-state index < -0.39 is 0 Å². The predicted octanol–water partition coefficient (Wildman–Crippen LogP) is 3.97. The fourth-order valence-electron chi connectivity index (χ4n) is 1.97. The summed E-state index contributed by atoms with van der Waals surface area (Å²) in [6.07, 6.45) is 0. The number of thiazole rings is 1. The Labute approximate surface area is 98.0 Å². The smallest absolute Gasteiger partial charge is 0.104 e. The van der Waals surface area contributed by atoms with Gasteiger partial charge in [-0.25, -0.2) is 4.98 Å². The molecule has 1 aromatic carbocycles. The molecule has 2 nitrogen and oxygen atoms in total. The molecule has 0 amide bonds. The molecule has 16 heavy (non-hydrogen) atoms. The Morgan fingerprint density at radius 2 is 2.00 bits per heavy atom. The summed E-state index contributed by atoms with van der Waals surface area (Å²) >= 11 is 1.70. The first kappa shape index (κ1) is 9.73. The van der Waals surface area contributed by atoms with Gasteiger partial charge in [-0.15, -0.1) is 11.3 Å². The van der Waals surface area contributed by atoms with Gasteiger partial charge in [0.2, 0.25) is 0 Å². The van der Waals surface area contributed by atoms with Gasteiger partial charge in [0, 0.05) is 5.39 Å². The average Bonchev–Trinajstić information content (AvgIpc) is 2.76. The van der Waals surface area contributed by atoms with Crippen molar-refractivity contribution in [3.05, 3.63) is 35.5 Å². The minimum atomic E-state index is 0.411. The van der Waals surface area contributed by atoms with E-state index in [0.29, 0.717) is 5.92 Å². The van der Waals surface area contributed by atoms with Crippen molar-refractivity contribution in [2.45, 2.75) is 19.8 Å². The summed E-state index contributed by atoms with van der Waals surface area (Å²) in [4.78, 5) is 9.17. The van der Waals surface area contributed by atoms with Gasteiger partial charge in [0.05, 0.1) is 21.4 Å². The zero-order chi connectivity index (χ0) is 11.1. The van der Waals surface area contributed by atoms with Crippen molar-refractivity contribution >= 4 is 32.5 Å². The quantitative estimate of drug-likeness (QED) is 0.630. The van der Waals surface area contributed by atoms with Gasteiger partial charge in [0.1, 0.15) is 5.52 Å². The van der Waals surface area contributed by atoms with Crippen LogP contribution in [0, 0.1) is 0 Å². The van der Waals surface area contributed by atoms with Crippen LogP contribution in [0.25, 0.3) is 21.1 Å². The van der Waals surface area contributed by atoms with Crippen LogP contribution in [-0.2, 0) is 0 Å². The summed E-state index contributed by atoms with van der Waals surface area (Å²) in [5, 5.41) is 1.21. The highest BCUT2D eigenvalue weighted by Gasteiger charge is 2.12. The van der Waals surface area contributed by atoms with Crippen LogP contribution < -0.4 is 0 Å². The summed E-state index contributed by atoms with van der Waals surface area (Å²) < 4.78 is 1.26. The van der Waals surface area contributed by atoms with E-state index in [2.05, 4.69) is 37.0 Å². The summed E-state index contributed by atoms with van der Waals surface area (Å²) in [5.74, 6) is 0.411. The fourth-order valence-corrected chi connectivity index (χ4v) is 2.80. The van der Waals surface area contributed by atoms with E-state index in [4.69, 9.17) is 4.98 Å². The number of aromatic nitrogens is 2. The standard InChI is InChI=1S/C13H12N2S/c1-8(2)11-12-13(16-7-14-12)9-5-3-4-6-10(9)15-11/h3-8H,1-2H3. The number of nitrogens with zero attached hydrogens (tertiary/aromatic N) is 2. The molecule has 2 heterocycles. The van der Waals surface area contributed by atoms with Crippen molar-refractivity contribution in [1.29, 1.82) is 0 Å². The summed E-state index contributed by atoms with van der Waals surface area (Å²) in [6, 6.07) is 8.28. The van der Waals surface area contributed by atoms with E-state index in [1.807, 2.05) is 11.6 Å². The van der Waals surface area contributed by atoms with Crippen LogP contribution in [-0.4, -0.2) is 9.97 Å². The lowest BCUT2D eigenvalue weighted by Crippen LogP contribution is -1.95. The SMILES string of the molecule is CC(C)c1nc2ccccc2c2scnc12. The minimum absolute atomic E-state index is 0.411. The van der Waals surface area contributed by atoms with Crippen molar-refractivity contribution in [2.75, 3.05) is 0 Å². The molecule has 0 aliphatic carbocycles. The number of hydrogen-bond donors (Lipinski definition) is 0. The number of benzene rings is 1. The molecule has 2 aromatic heterocycles. The molecule has 0 radical (unpaired) electrons. The van der Waals surface area contributed by atoms with Gasteiger partial charge in [0.15, 0.2) is 0 Å². The molecule has 0 unspecified atom stereocenters. The molecule has 0 saturated carbocycles. The highest BCUT2D eigenvalue weighted by molar-refractivity contribution is 7.17. The Hall–Kier alpha value is -1.48. The van der Waals surface area contributed by atoms with Crippen LogP contribution in [0.5, 0.6) is 0 Å². The lowest BCUT2D eigenvalue weighted by atomic mass is 10.1. The molecule has 0 saturated heterocycles. The van der Waals surface area contributed by atoms with Gasteiger partial charge in [-0.05, 0) is 12.0 Å². The van der Waals surface area contributed by atoms with Gasteiger partial charge >= 0.3 is 0 Å². The van der Waals surface area contributed by atoms with E-state index in [1.54, 1.807) is 11.3 Å². The van der Waals surface area contributed by atoms with Crippen molar-refractivity contribution in [2.24, 2.45) is 0 Å². The van der Waals surface area contributed by atoms with Gasteiger partial charge in [-0.1, -0.05) is 32.0 Å². The monoisotopic (exact) mass is 228 g/mol. The van der Waals surface area contributed by atoms with Crippen LogP contribution in [0.4, 0.5) is 0 Å². The first-order valence-corrected chi connectivity index (χ1v) is 6.27. The first-order chi connectivity index (χ1) is 7.77. The highest BCUT2D eigenvalue weighted by Crippen LogP contribution is 2.31. The van der Waals surface area contributed by atoms with E-state index in [9.17, 15) is 0 Å². The number of rotatable bonds is 1. The first-order valence-electron chi connectivity index (χ1n) is 5.39. The molecule has 0 N–H and O–H groups in total. The van der Waals surface area contributed by atoms with Crippen LogP contribution >= 0.6 is 11.3 Å². The number of fused-ring (bicyclic) bond motifs is 3. The number of para-hydroxylation sites is 1. The van der Waals surface area contributed by atoms with Crippen LogP contribution in [0.15, 0.2) is 29.8 Å². The molecule has 80 valence electrons. The maximum atomic E-state index is 4.72. The number of hydrogen-bond acceptors (Lipinski definition) is 3. The molecule has 0 bridgehead atoms. The minimum Gasteiger partial charge on any atom is -0.250 e. The molecule has 0 aliphatic rings. The van der Waals surface area contributed by atoms with Crippen molar-refractivity contribution in [3.63, 3.8) is 0 Å². The predicted molar refractivity (Wildman–Crippen MR) is 69.0 cm³/mol. The van der Waals surface area contributed by atoms with E-state index in [1.165, 1.54) is 10.1 Å². The van der Waals surface area contributed by atoms with E-state index in [-0.39, 0.29) is 0 Å². The van der Waals surface area contributed by atoms with Gasteiger partial charge < -0.3 is 0 Å². The van der Waals surface area contributed by atoms with Gasteiger partial charge in [0.25, 0.3) is 0 Å². The second-order valence-corrected chi connectivity index (χ2v) is 5.05. The third kappa shape index (κ3) is 1.32. The molecule has 0 spiro atoms. The largest absolute Gasteiger partial charge is 0.250 e. The molecule has 0 fully saturated rings. The molecule has 3 aromatic rings. The van der Waals surface area contributed by atoms with Crippen molar-refractivity contribution in [3.8, 4) is 0 Å². The van der Waals surface area contributed by atoms with Gasteiger partial charge in [-0.3, -0.25) is 4.98 Å². The Morgan fingerprint density at radius 1 is 1.19 bits per heavy atom. The Kier molecular flexibility index (Phi) is 2.14. The van der Waals surface area contributed by atoms with Crippen molar-refractivity contribution < 1.29 is 0 Å². The molecule has 3 rings (SSSR count). The summed E-state index contributed by atoms with van der Waals surface area (Å²) in [5.41, 5.74) is 5.15. The summed E-state index contributed by atoms with van der Waals surface area (Å²) in [7, 11) is 0. The normalized spacial score (nSPS) is 11.7. The zero-order valence-electron chi connectivity index (χ0n) is 9.27. The maximum absolute atomic E-state index is 4.72. The molecular weight excluding hydrogens is 216 g/mol. The van der Waals surface area contributed by atoms with E-state index >= 15 is 0 Å². The Bertz CT molecular complexity index is 655. The molecule has 3 heteroatoms. The van der Waals surface area contributed by atoms with E-state index in [0.717, 1.165) is 16.7 Å². The molecule has 0 atom stereocenters. The molecular formula is C13H12N2S. The third-order valence-electron chi connectivity index (χ3n) is 2.75. The fraction of sp³-hybridized carbons (Fsp3) is 0.231. The third-order valence-corrected chi connectivity index (χ3v) is 3.61. The summed E-state index contributed by atoms with van der Waals surface area (Å²) in [6.45, 7) is 4.33. The highest BCUT2D eigenvalue weighted by atomic mass is 32.1. The van der Waals surface area contributed by atoms with Crippen LogP contribution in [0.3, 0.4) is 0 Å². The zero-order valence-corrected chi connectivity index (χ0v) is 10.1. The topological polar surface area (TPSA) is 25.8 Å². The molecule has 0 aliphatic heterocycles. The maximum Gasteiger partial charge on any atom is 0.104 e. The average molecular weight is 228 g/mol. The van der Waals surface area contributed by atoms with Crippen molar-refractivity contribution in [1.82, 2.24) is 9.97 Å². The lowest BCUT2D eigenvalue weighted by Gasteiger charge is -2.07. The Morgan fingerprint density at radius 3 is 2.81 bits per heavy atom. The number of pyridine rings is 1. The van der Waals surface area contributed by atoms with Crippen LogP contribution in [0.1, 0.15) is 25.5 Å². The second-order valence-electron chi connectivity index (χ2n) is 4.20. The second kappa shape index (κ2) is 3.52. The lowest BCUT2D eigenvalue weighted by molar-refractivity contribution is 0.838.